The van der Waals surface area contributed by atoms with Crippen molar-refractivity contribution in [2.24, 2.45) is 0 Å². The van der Waals surface area contributed by atoms with Gasteiger partial charge in [0.15, 0.2) is 11.8 Å². The molecular formula is C11H10Cl3FN4O3S. The van der Waals surface area contributed by atoms with E-state index in [2.05, 4.69) is 16.0 Å². The molecule has 3 N–H and O–H groups in total. The average Bonchev–Trinajstić information content (AvgIpc) is 2.45. The molecule has 0 heterocycles. The summed E-state index contributed by atoms with van der Waals surface area (Å²) in [5, 5.41) is 17.8. The Hall–Kier alpha value is -1.42. The third-order valence-corrected chi connectivity index (χ3v) is 3.22. The van der Waals surface area contributed by atoms with Crippen molar-refractivity contribution in [1.82, 2.24) is 10.6 Å². The van der Waals surface area contributed by atoms with Gasteiger partial charge in [0.2, 0.25) is 3.79 Å². The first-order valence-electron chi connectivity index (χ1n) is 5.87. The maximum Gasteiger partial charge on any atom is 0.271 e. The van der Waals surface area contributed by atoms with Gasteiger partial charge in [0.25, 0.3) is 11.6 Å². The summed E-state index contributed by atoms with van der Waals surface area (Å²) < 4.78 is 10.2. The number of anilines is 1. The van der Waals surface area contributed by atoms with Gasteiger partial charge in [-0.1, -0.05) is 40.9 Å². The zero-order valence-electron chi connectivity index (χ0n) is 11.2. The number of nitrogens with one attached hydrogen (secondary N) is 3. The Morgan fingerprint density at radius 1 is 1.39 bits per heavy atom. The number of carbonyl (C=O) groups excluding carboxylic acids is 1. The highest BCUT2D eigenvalue weighted by Crippen LogP contribution is 2.29. The Morgan fingerprint density at radius 2 is 2.04 bits per heavy atom. The average molecular weight is 404 g/mol. The molecule has 0 spiro atoms. The molecular weight excluding hydrogens is 394 g/mol. The molecule has 0 unspecified atom stereocenters. The van der Waals surface area contributed by atoms with Gasteiger partial charge in [0.1, 0.15) is 6.17 Å². The van der Waals surface area contributed by atoms with Gasteiger partial charge < -0.3 is 16.0 Å². The normalized spacial score (nSPS) is 12.2. The highest BCUT2D eigenvalue weighted by Gasteiger charge is 2.34. The summed E-state index contributed by atoms with van der Waals surface area (Å²) in [6.45, 7) is -1.30. The van der Waals surface area contributed by atoms with Crippen LogP contribution in [0.3, 0.4) is 0 Å². The number of hydrogen-bond acceptors (Lipinski definition) is 4. The van der Waals surface area contributed by atoms with Crippen molar-refractivity contribution < 1.29 is 14.1 Å². The molecule has 0 saturated carbocycles. The summed E-state index contributed by atoms with van der Waals surface area (Å²) in [6.07, 6.45) is -1.31. The number of hydrogen-bond donors (Lipinski definition) is 3. The molecule has 0 fully saturated rings. The lowest BCUT2D eigenvalue weighted by Crippen LogP contribution is -2.56. The second kappa shape index (κ2) is 8.44. The van der Waals surface area contributed by atoms with Crippen LogP contribution in [-0.2, 0) is 4.79 Å². The Balaban J connectivity index is 2.77. The lowest BCUT2D eigenvalue weighted by atomic mass is 10.3. The molecule has 0 aliphatic rings. The van der Waals surface area contributed by atoms with E-state index in [4.69, 9.17) is 47.0 Å². The van der Waals surface area contributed by atoms with E-state index in [1.54, 1.807) is 0 Å². The number of nitrogens with zero attached hydrogens (tertiary/aromatic N) is 1. The van der Waals surface area contributed by atoms with Crippen LogP contribution in [0.1, 0.15) is 0 Å². The SMILES string of the molecule is O=C(CF)N[C@H](NC(=S)Nc1cccc([N+](=O)[O-])c1)C(Cl)(Cl)Cl. The first-order valence-corrected chi connectivity index (χ1v) is 7.41. The van der Waals surface area contributed by atoms with Gasteiger partial charge in [-0.25, -0.2) is 4.39 Å². The van der Waals surface area contributed by atoms with Gasteiger partial charge >= 0.3 is 0 Å². The molecule has 7 nitrogen and oxygen atoms in total. The Morgan fingerprint density at radius 3 is 2.57 bits per heavy atom. The molecule has 1 aromatic carbocycles. The molecule has 1 atom stereocenters. The second-order valence-corrected chi connectivity index (χ2v) is 6.86. The van der Waals surface area contributed by atoms with E-state index in [0.717, 1.165) is 0 Å². The highest BCUT2D eigenvalue weighted by atomic mass is 35.6. The lowest BCUT2D eigenvalue weighted by Gasteiger charge is -2.27. The number of carbonyl (C=O) groups is 1. The number of benzene rings is 1. The van der Waals surface area contributed by atoms with Crippen molar-refractivity contribution in [1.29, 1.82) is 0 Å². The minimum absolute atomic E-state index is 0.0963. The van der Waals surface area contributed by atoms with Crippen LogP contribution in [0.15, 0.2) is 24.3 Å². The number of halogens is 4. The van der Waals surface area contributed by atoms with Gasteiger partial charge in [-0.2, -0.15) is 0 Å². The van der Waals surface area contributed by atoms with Gasteiger partial charge in [-0.3, -0.25) is 14.9 Å². The topological polar surface area (TPSA) is 96.3 Å². The summed E-state index contributed by atoms with van der Waals surface area (Å²) in [5.74, 6) is -1.01. The summed E-state index contributed by atoms with van der Waals surface area (Å²) in [6, 6.07) is 5.50. The standard InChI is InChI=1S/C11H10Cl3FN4O3S/c12-11(13,14)9(17-8(20)5-15)18-10(23)16-6-2-1-3-7(4-6)19(21)22/h1-4,9H,5H2,(H,17,20)(H2,16,18,23)/t9-/m1/s1. The van der Waals surface area contributed by atoms with Gasteiger partial charge in [0, 0.05) is 17.8 Å². The molecule has 1 amide bonds. The van der Waals surface area contributed by atoms with E-state index in [-0.39, 0.29) is 10.8 Å². The summed E-state index contributed by atoms with van der Waals surface area (Å²) in [5.41, 5.74) is 0.151. The summed E-state index contributed by atoms with van der Waals surface area (Å²) in [7, 11) is 0. The van der Waals surface area contributed by atoms with E-state index in [1.807, 2.05) is 0 Å². The quantitative estimate of drug-likeness (QED) is 0.230. The smallest absolute Gasteiger partial charge is 0.271 e. The molecule has 126 valence electrons. The maximum atomic E-state index is 12.3. The fourth-order valence-corrected chi connectivity index (χ4v) is 1.96. The zero-order chi connectivity index (χ0) is 17.6. The van der Waals surface area contributed by atoms with Crippen molar-refractivity contribution in [3.05, 3.63) is 34.4 Å². The van der Waals surface area contributed by atoms with Crippen LogP contribution >= 0.6 is 47.0 Å². The Kier molecular flexibility index (Phi) is 7.20. The number of alkyl halides is 4. The van der Waals surface area contributed by atoms with Crippen molar-refractivity contribution >= 4 is 69.4 Å². The highest BCUT2D eigenvalue weighted by molar-refractivity contribution is 7.80. The molecule has 0 radical (unpaired) electrons. The summed E-state index contributed by atoms with van der Waals surface area (Å²) in [4.78, 5) is 21.2. The second-order valence-electron chi connectivity index (χ2n) is 4.08. The lowest BCUT2D eigenvalue weighted by molar-refractivity contribution is -0.384. The van der Waals surface area contributed by atoms with E-state index in [9.17, 15) is 19.3 Å². The molecule has 12 heteroatoms. The fraction of sp³-hybridized carbons (Fsp3) is 0.273. The van der Waals surface area contributed by atoms with Crippen LogP contribution < -0.4 is 16.0 Å². The predicted molar refractivity (Wildman–Crippen MR) is 90.6 cm³/mol. The number of amides is 1. The van der Waals surface area contributed by atoms with Crippen molar-refractivity contribution in [3.63, 3.8) is 0 Å². The monoisotopic (exact) mass is 402 g/mol. The number of nitro groups is 1. The van der Waals surface area contributed by atoms with Crippen LogP contribution in [0.4, 0.5) is 15.8 Å². The summed E-state index contributed by atoms with van der Waals surface area (Å²) >= 11 is 22.0. The fourth-order valence-electron chi connectivity index (χ4n) is 1.39. The minimum Gasteiger partial charge on any atom is -0.339 e. The molecule has 23 heavy (non-hydrogen) atoms. The van der Waals surface area contributed by atoms with Crippen molar-refractivity contribution in [2.45, 2.75) is 9.96 Å². The van der Waals surface area contributed by atoms with E-state index < -0.39 is 27.5 Å². The largest absolute Gasteiger partial charge is 0.339 e. The van der Waals surface area contributed by atoms with E-state index in [0.29, 0.717) is 5.69 Å². The first kappa shape index (κ1) is 19.6. The van der Waals surface area contributed by atoms with Crippen LogP contribution in [0.5, 0.6) is 0 Å². The Bertz CT molecular complexity index is 614. The van der Waals surface area contributed by atoms with E-state index in [1.165, 1.54) is 24.3 Å². The zero-order valence-corrected chi connectivity index (χ0v) is 14.3. The van der Waals surface area contributed by atoms with Gasteiger partial charge in [-0.15, -0.1) is 0 Å². The van der Waals surface area contributed by atoms with Crippen molar-refractivity contribution in [3.8, 4) is 0 Å². The maximum absolute atomic E-state index is 12.3. The predicted octanol–water partition coefficient (Wildman–Crippen LogP) is 2.66. The number of thiocarbonyl (C=S) groups is 1. The molecule has 0 saturated heterocycles. The van der Waals surface area contributed by atoms with Gasteiger partial charge in [-0.05, 0) is 18.3 Å². The van der Waals surface area contributed by atoms with Crippen LogP contribution in [0.25, 0.3) is 0 Å². The third kappa shape index (κ3) is 6.69. The van der Waals surface area contributed by atoms with Crippen LogP contribution in [0.2, 0.25) is 0 Å². The molecule has 1 rings (SSSR count). The number of nitro benzene ring substituents is 1. The third-order valence-electron chi connectivity index (χ3n) is 2.34. The minimum atomic E-state index is -2.01. The first-order chi connectivity index (χ1) is 10.6. The molecule has 0 aromatic heterocycles. The van der Waals surface area contributed by atoms with Crippen LogP contribution in [-0.4, -0.2) is 32.6 Å². The van der Waals surface area contributed by atoms with E-state index >= 15 is 0 Å². The number of rotatable bonds is 5. The van der Waals surface area contributed by atoms with Gasteiger partial charge in [0.05, 0.1) is 4.92 Å². The molecule has 0 aliphatic heterocycles. The molecule has 1 aromatic rings. The number of non-ortho nitro benzene ring substituents is 1. The molecule has 0 aliphatic carbocycles. The Labute approximate surface area is 150 Å². The van der Waals surface area contributed by atoms with Crippen LogP contribution in [0, 0.1) is 10.1 Å². The molecule has 0 bridgehead atoms. The van der Waals surface area contributed by atoms with Crippen molar-refractivity contribution in [2.75, 3.05) is 12.0 Å².